The predicted molar refractivity (Wildman–Crippen MR) is 52.5 cm³/mol. The molecule has 0 aromatic carbocycles. The Balaban J connectivity index is 2.15. The van der Waals surface area contributed by atoms with Crippen LogP contribution in [0.1, 0.15) is 11.4 Å². The second-order valence-electron chi connectivity index (χ2n) is 2.97. The minimum Gasteiger partial charge on any atom is -0.384 e. The van der Waals surface area contributed by atoms with E-state index >= 15 is 0 Å². The van der Waals surface area contributed by atoms with Crippen molar-refractivity contribution in [2.75, 3.05) is 5.73 Å². The van der Waals surface area contributed by atoms with Crippen molar-refractivity contribution in [2.24, 2.45) is 0 Å². The lowest BCUT2D eigenvalue weighted by atomic mass is 10.3. The van der Waals surface area contributed by atoms with Gasteiger partial charge in [-0.3, -0.25) is 0 Å². The molecule has 0 saturated heterocycles. The molecule has 0 aliphatic heterocycles. The number of nitrogen functional groups attached to an aromatic ring is 1. The molecule has 0 aliphatic carbocycles. The van der Waals surface area contributed by atoms with Crippen LogP contribution in [0.4, 0.5) is 5.82 Å². The number of hydrogen-bond acceptors (Lipinski definition) is 5. The topological polar surface area (TPSA) is 93.4 Å². The van der Waals surface area contributed by atoms with E-state index in [0.717, 1.165) is 5.56 Å². The lowest BCUT2D eigenvalue weighted by Crippen LogP contribution is -2.01. The first-order chi connectivity index (χ1) is 7.28. The third-order valence-corrected chi connectivity index (χ3v) is 1.83. The van der Waals surface area contributed by atoms with E-state index in [2.05, 4.69) is 15.1 Å². The van der Waals surface area contributed by atoms with Crippen LogP contribution in [0.2, 0.25) is 0 Å². The Morgan fingerprint density at radius 3 is 2.87 bits per heavy atom. The summed E-state index contributed by atoms with van der Waals surface area (Å²) < 4.78 is 1.58. The van der Waals surface area contributed by atoms with Gasteiger partial charge in [0.1, 0.15) is 18.2 Å². The van der Waals surface area contributed by atoms with E-state index in [1.807, 2.05) is 12.1 Å². The van der Waals surface area contributed by atoms with Gasteiger partial charge in [0.25, 0.3) is 5.82 Å². The van der Waals surface area contributed by atoms with Gasteiger partial charge in [-0.05, 0) is 11.6 Å². The summed E-state index contributed by atoms with van der Waals surface area (Å²) in [5.74, 6) is 0.647. The maximum Gasteiger partial charge on any atom is 0.252 e. The van der Waals surface area contributed by atoms with Crippen LogP contribution in [0.25, 0.3) is 0 Å². The van der Waals surface area contributed by atoms with Crippen LogP contribution in [0.3, 0.4) is 0 Å². The van der Waals surface area contributed by atoms with Gasteiger partial charge in [-0.25, -0.2) is 14.6 Å². The molecule has 74 valence electrons. The summed E-state index contributed by atoms with van der Waals surface area (Å²) in [6, 6.07) is 5.44. The molecule has 6 nitrogen and oxygen atoms in total. The average Bonchev–Trinajstić information content (AvgIpc) is 2.69. The Hall–Kier alpha value is -2.42. The molecule has 6 heteroatoms. The summed E-state index contributed by atoms with van der Waals surface area (Å²) in [7, 11) is 0. The van der Waals surface area contributed by atoms with Crippen LogP contribution in [-0.2, 0) is 6.54 Å². The highest BCUT2D eigenvalue weighted by atomic mass is 15.3. The van der Waals surface area contributed by atoms with E-state index in [4.69, 9.17) is 11.0 Å². The predicted octanol–water partition coefficient (Wildman–Crippen LogP) is 0.175. The van der Waals surface area contributed by atoms with E-state index in [1.54, 1.807) is 16.9 Å². The molecule has 0 fully saturated rings. The standard InChI is InChI=1S/C9H8N6/c10-3-9-13-6-15(14-9)5-7-1-2-8(11)12-4-7/h1-2,4,6H,5H2,(H2,11,12). The van der Waals surface area contributed by atoms with Crippen LogP contribution >= 0.6 is 0 Å². The van der Waals surface area contributed by atoms with Crippen LogP contribution in [0.15, 0.2) is 24.7 Å². The molecule has 0 aliphatic rings. The first-order valence-electron chi connectivity index (χ1n) is 4.28. The van der Waals surface area contributed by atoms with Gasteiger partial charge in [0.15, 0.2) is 0 Å². The second kappa shape index (κ2) is 3.75. The third kappa shape index (κ3) is 2.08. The molecule has 2 aromatic rings. The van der Waals surface area contributed by atoms with Crippen molar-refractivity contribution >= 4 is 5.82 Å². The summed E-state index contributed by atoms with van der Waals surface area (Å²) in [4.78, 5) is 7.75. The molecule has 0 radical (unpaired) electrons. The Morgan fingerprint density at radius 1 is 1.40 bits per heavy atom. The van der Waals surface area contributed by atoms with Crippen molar-refractivity contribution in [3.8, 4) is 6.07 Å². The molecular formula is C9H8N6. The quantitative estimate of drug-likeness (QED) is 0.746. The molecule has 2 N–H and O–H groups in total. The summed E-state index contributed by atoms with van der Waals surface area (Å²) in [6.07, 6.45) is 3.18. The largest absolute Gasteiger partial charge is 0.384 e. The van der Waals surface area contributed by atoms with Crippen molar-refractivity contribution < 1.29 is 0 Å². The van der Waals surface area contributed by atoms with Crippen molar-refractivity contribution in [1.82, 2.24) is 19.7 Å². The number of aromatic nitrogens is 4. The van der Waals surface area contributed by atoms with Crippen LogP contribution in [0.5, 0.6) is 0 Å². The van der Waals surface area contributed by atoms with Crippen LogP contribution in [-0.4, -0.2) is 19.7 Å². The first kappa shape index (κ1) is 9.15. The molecule has 0 saturated carbocycles. The summed E-state index contributed by atoms with van der Waals surface area (Å²) >= 11 is 0. The number of nitriles is 1. The van der Waals surface area contributed by atoms with Gasteiger partial charge >= 0.3 is 0 Å². The van der Waals surface area contributed by atoms with Crippen molar-refractivity contribution in [2.45, 2.75) is 6.54 Å². The van der Waals surface area contributed by atoms with Gasteiger partial charge in [0.2, 0.25) is 0 Å². The van der Waals surface area contributed by atoms with Gasteiger partial charge in [-0.15, -0.1) is 5.10 Å². The highest BCUT2D eigenvalue weighted by Crippen LogP contribution is 2.02. The normalized spacial score (nSPS) is 9.80. The van der Waals surface area contributed by atoms with Crippen LogP contribution in [0, 0.1) is 11.3 Å². The molecule has 0 bridgehead atoms. The van der Waals surface area contributed by atoms with Crippen molar-refractivity contribution in [3.05, 3.63) is 36.0 Å². The number of anilines is 1. The lowest BCUT2D eigenvalue weighted by Gasteiger charge is -2.00. The second-order valence-corrected chi connectivity index (χ2v) is 2.97. The monoisotopic (exact) mass is 200 g/mol. The van der Waals surface area contributed by atoms with E-state index < -0.39 is 0 Å². The lowest BCUT2D eigenvalue weighted by molar-refractivity contribution is 0.680. The minimum absolute atomic E-state index is 0.165. The Kier molecular flexibility index (Phi) is 2.29. The fourth-order valence-electron chi connectivity index (χ4n) is 1.14. The summed E-state index contributed by atoms with van der Waals surface area (Å²) in [5, 5.41) is 12.5. The molecule has 2 aromatic heterocycles. The van der Waals surface area contributed by atoms with Crippen molar-refractivity contribution in [1.29, 1.82) is 5.26 Å². The van der Waals surface area contributed by atoms with Gasteiger partial charge in [-0.1, -0.05) is 6.07 Å². The Morgan fingerprint density at radius 2 is 2.27 bits per heavy atom. The Bertz CT molecular complexity index is 492. The fraction of sp³-hybridized carbons (Fsp3) is 0.111. The maximum atomic E-state index is 8.54. The zero-order valence-corrected chi connectivity index (χ0v) is 7.83. The fourth-order valence-corrected chi connectivity index (χ4v) is 1.14. The number of pyridine rings is 1. The number of nitrogens with two attached hydrogens (primary N) is 1. The summed E-state index contributed by atoms with van der Waals surface area (Å²) in [6.45, 7) is 0.530. The van der Waals surface area contributed by atoms with Gasteiger partial charge in [-0.2, -0.15) is 5.26 Å². The number of rotatable bonds is 2. The van der Waals surface area contributed by atoms with Gasteiger partial charge < -0.3 is 5.73 Å². The molecular weight excluding hydrogens is 192 g/mol. The SMILES string of the molecule is N#Cc1ncn(Cc2ccc(N)nc2)n1. The average molecular weight is 200 g/mol. The summed E-state index contributed by atoms with van der Waals surface area (Å²) in [5.41, 5.74) is 6.41. The van der Waals surface area contributed by atoms with E-state index in [0.29, 0.717) is 12.4 Å². The number of hydrogen-bond donors (Lipinski definition) is 1. The van der Waals surface area contributed by atoms with E-state index in [9.17, 15) is 0 Å². The maximum absolute atomic E-state index is 8.54. The van der Waals surface area contributed by atoms with Gasteiger partial charge in [0.05, 0.1) is 6.54 Å². The van der Waals surface area contributed by atoms with E-state index in [-0.39, 0.29) is 5.82 Å². The molecule has 2 heterocycles. The van der Waals surface area contributed by atoms with Gasteiger partial charge in [0, 0.05) is 6.20 Å². The zero-order valence-electron chi connectivity index (χ0n) is 7.83. The molecule has 2 rings (SSSR count). The molecule has 0 spiro atoms. The smallest absolute Gasteiger partial charge is 0.252 e. The number of nitrogens with zero attached hydrogens (tertiary/aromatic N) is 5. The van der Waals surface area contributed by atoms with E-state index in [1.165, 1.54) is 6.33 Å². The molecule has 0 amide bonds. The third-order valence-electron chi connectivity index (χ3n) is 1.83. The highest BCUT2D eigenvalue weighted by molar-refractivity contribution is 5.29. The Labute approximate surface area is 86.0 Å². The first-order valence-corrected chi connectivity index (χ1v) is 4.28. The highest BCUT2D eigenvalue weighted by Gasteiger charge is 2.00. The zero-order chi connectivity index (χ0) is 10.7. The molecule has 0 atom stereocenters. The van der Waals surface area contributed by atoms with Crippen LogP contribution < -0.4 is 5.73 Å². The molecule has 0 unspecified atom stereocenters. The van der Waals surface area contributed by atoms with Crippen molar-refractivity contribution in [3.63, 3.8) is 0 Å². The molecule has 15 heavy (non-hydrogen) atoms. The minimum atomic E-state index is 0.165.